The van der Waals surface area contributed by atoms with E-state index in [1.165, 1.54) is 6.07 Å². The van der Waals surface area contributed by atoms with Gasteiger partial charge in [0, 0.05) is 25.1 Å². The number of carbonyl (C=O) groups is 2. The number of ketones is 1. The molecule has 2 N–H and O–H groups in total. The van der Waals surface area contributed by atoms with E-state index in [-0.39, 0.29) is 30.4 Å². The summed E-state index contributed by atoms with van der Waals surface area (Å²) in [5.41, 5.74) is 0.370. The molecule has 20 heavy (non-hydrogen) atoms. The van der Waals surface area contributed by atoms with Crippen LogP contribution >= 0.6 is 0 Å². The van der Waals surface area contributed by atoms with Crippen LogP contribution in [0.1, 0.15) is 29.6 Å². The van der Waals surface area contributed by atoms with Gasteiger partial charge in [-0.1, -0.05) is 10.3 Å². The van der Waals surface area contributed by atoms with Crippen molar-refractivity contribution in [1.82, 2.24) is 10.1 Å². The predicted molar refractivity (Wildman–Crippen MR) is 67.1 cm³/mol. The molecule has 0 radical (unpaired) electrons. The maximum absolute atomic E-state index is 12.3. The second-order valence-electron chi connectivity index (χ2n) is 4.82. The van der Waals surface area contributed by atoms with Gasteiger partial charge in [0.15, 0.2) is 11.5 Å². The Morgan fingerprint density at radius 2 is 2.25 bits per heavy atom. The van der Waals surface area contributed by atoms with Gasteiger partial charge in [-0.3, -0.25) is 4.79 Å². The molecule has 1 aromatic heterocycles. The van der Waals surface area contributed by atoms with E-state index in [9.17, 15) is 9.59 Å². The number of hydrogen-bond acceptors (Lipinski definition) is 6. The van der Waals surface area contributed by atoms with Crippen molar-refractivity contribution in [1.29, 1.82) is 0 Å². The molecule has 1 amide bonds. The SMILES string of the molecule is Cc1cc(C(=O)C2CN(C(=O)O)[C@@H](C)CC2=NO)no1. The number of hydrogen-bond donors (Lipinski definition) is 2. The molecule has 2 rings (SSSR count). The number of amides is 1. The molecule has 0 aliphatic carbocycles. The molecule has 1 aliphatic heterocycles. The average molecular weight is 281 g/mol. The van der Waals surface area contributed by atoms with E-state index in [2.05, 4.69) is 10.3 Å². The number of nitrogens with zero attached hydrogens (tertiary/aromatic N) is 3. The fourth-order valence-electron chi connectivity index (χ4n) is 2.31. The monoisotopic (exact) mass is 281 g/mol. The molecule has 1 aliphatic rings. The average Bonchev–Trinajstić information content (AvgIpc) is 2.83. The number of aryl methyl sites for hydroxylation is 1. The minimum Gasteiger partial charge on any atom is -0.465 e. The van der Waals surface area contributed by atoms with Crippen LogP contribution < -0.4 is 0 Å². The van der Waals surface area contributed by atoms with E-state index in [0.717, 1.165) is 4.90 Å². The molecule has 108 valence electrons. The van der Waals surface area contributed by atoms with Gasteiger partial charge in [0.25, 0.3) is 0 Å². The summed E-state index contributed by atoms with van der Waals surface area (Å²) < 4.78 is 4.84. The molecule has 0 saturated carbocycles. The Morgan fingerprint density at radius 3 is 2.75 bits per heavy atom. The number of carbonyl (C=O) groups excluding carboxylic acids is 1. The van der Waals surface area contributed by atoms with E-state index in [1.54, 1.807) is 13.8 Å². The molecule has 0 bridgehead atoms. The quantitative estimate of drug-likeness (QED) is 0.480. The van der Waals surface area contributed by atoms with Crippen LogP contribution in [0.3, 0.4) is 0 Å². The Balaban J connectivity index is 2.27. The first kappa shape index (κ1) is 14.0. The molecule has 2 heterocycles. The normalized spacial score (nSPS) is 24.9. The lowest BCUT2D eigenvalue weighted by molar-refractivity contribution is 0.0854. The third kappa shape index (κ3) is 2.49. The third-order valence-electron chi connectivity index (χ3n) is 3.39. The van der Waals surface area contributed by atoms with Crippen molar-refractivity contribution in [2.75, 3.05) is 6.54 Å². The summed E-state index contributed by atoms with van der Waals surface area (Å²) in [7, 11) is 0. The van der Waals surface area contributed by atoms with Crippen molar-refractivity contribution in [2.45, 2.75) is 26.3 Å². The maximum atomic E-state index is 12.3. The van der Waals surface area contributed by atoms with Gasteiger partial charge in [-0.15, -0.1) is 0 Å². The summed E-state index contributed by atoms with van der Waals surface area (Å²) in [4.78, 5) is 24.6. The van der Waals surface area contributed by atoms with Crippen molar-refractivity contribution < 1.29 is 24.4 Å². The number of piperidine rings is 1. The van der Waals surface area contributed by atoms with Crippen LogP contribution in [0, 0.1) is 12.8 Å². The predicted octanol–water partition coefficient (Wildman–Crippen LogP) is 1.38. The van der Waals surface area contributed by atoms with Crippen LogP contribution in [0.5, 0.6) is 0 Å². The van der Waals surface area contributed by atoms with Crippen molar-refractivity contribution in [3.8, 4) is 0 Å². The standard InChI is InChI=1S/C12H15N3O5/c1-6-3-9(13-19)8(5-15(6)12(17)18)11(16)10-4-7(2)20-14-10/h4,6,8,19H,3,5H2,1-2H3,(H,17,18)/t6-,8?/m0/s1. The molecule has 0 aromatic carbocycles. The van der Waals surface area contributed by atoms with Gasteiger partial charge >= 0.3 is 6.09 Å². The second-order valence-corrected chi connectivity index (χ2v) is 4.82. The molecule has 8 nitrogen and oxygen atoms in total. The van der Waals surface area contributed by atoms with Crippen LogP contribution in [-0.4, -0.2) is 50.5 Å². The highest BCUT2D eigenvalue weighted by Gasteiger charge is 2.38. The van der Waals surface area contributed by atoms with Gasteiger partial charge in [-0.25, -0.2) is 4.79 Å². The van der Waals surface area contributed by atoms with Gasteiger partial charge in [-0.05, 0) is 13.8 Å². The minimum atomic E-state index is -1.11. The van der Waals surface area contributed by atoms with Crippen LogP contribution in [0.4, 0.5) is 4.79 Å². The Morgan fingerprint density at radius 1 is 1.55 bits per heavy atom. The van der Waals surface area contributed by atoms with E-state index in [0.29, 0.717) is 5.76 Å². The van der Waals surface area contributed by atoms with Crippen LogP contribution in [0.2, 0.25) is 0 Å². The van der Waals surface area contributed by atoms with Gasteiger partial charge < -0.3 is 19.7 Å². The second kappa shape index (κ2) is 5.32. The van der Waals surface area contributed by atoms with Crippen molar-refractivity contribution in [3.63, 3.8) is 0 Å². The molecule has 0 spiro atoms. The highest BCUT2D eigenvalue weighted by Crippen LogP contribution is 2.23. The summed E-state index contributed by atoms with van der Waals surface area (Å²) in [6.45, 7) is 3.29. The lowest BCUT2D eigenvalue weighted by Crippen LogP contribution is -2.51. The van der Waals surface area contributed by atoms with Crippen molar-refractivity contribution >= 4 is 17.6 Å². The fourth-order valence-corrected chi connectivity index (χ4v) is 2.31. The lowest BCUT2D eigenvalue weighted by atomic mass is 9.87. The lowest BCUT2D eigenvalue weighted by Gasteiger charge is -2.35. The molecular weight excluding hydrogens is 266 g/mol. The Kier molecular flexibility index (Phi) is 3.73. The third-order valence-corrected chi connectivity index (χ3v) is 3.39. The van der Waals surface area contributed by atoms with E-state index in [1.807, 2.05) is 0 Å². The van der Waals surface area contributed by atoms with Gasteiger partial charge in [-0.2, -0.15) is 0 Å². The van der Waals surface area contributed by atoms with Crippen LogP contribution in [0.25, 0.3) is 0 Å². The fraction of sp³-hybridized carbons (Fsp3) is 0.500. The maximum Gasteiger partial charge on any atom is 0.407 e. The van der Waals surface area contributed by atoms with Gasteiger partial charge in [0.1, 0.15) is 5.76 Å². The largest absolute Gasteiger partial charge is 0.465 e. The summed E-state index contributed by atoms with van der Waals surface area (Å²) in [5.74, 6) is -0.764. The number of Topliss-reactive ketones (excluding diaryl/α,β-unsaturated/α-hetero) is 1. The molecule has 1 unspecified atom stereocenters. The van der Waals surface area contributed by atoms with E-state index < -0.39 is 17.8 Å². The molecule has 2 atom stereocenters. The molecule has 1 saturated heterocycles. The molecule has 1 fully saturated rings. The molecular formula is C12H15N3O5. The summed E-state index contributed by atoms with van der Waals surface area (Å²) in [6, 6.07) is 1.13. The number of likely N-dealkylation sites (tertiary alicyclic amines) is 1. The zero-order valence-corrected chi connectivity index (χ0v) is 11.1. The summed E-state index contributed by atoms with van der Waals surface area (Å²) >= 11 is 0. The highest BCUT2D eigenvalue weighted by atomic mass is 16.5. The van der Waals surface area contributed by atoms with E-state index in [4.69, 9.17) is 14.8 Å². The number of carboxylic acid groups (broad SMARTS) is 1. The first-order chi connectivity index (χ1) is 9.43. The molecule has 1 aromatic rings. The summed E-state index contributed by atoms with van der Waals surface area (Å²) in [6.07, 6.45) is -0.903. The van der Waals surface area contributed by atoms with E-state index >= 15 is 0 Å². The topological polar surface area (TPSA) is 116 Å². The highest BCUT2D eigenvalue weighted by molar-refractivity contribution is 6.12. The Labute approximate surface area is 114 Å². The van der Waals surface area contributed by atoms with Crippen molar-refractivity contribution in [2.24, 2.45) is 11.1 Å². The number of aromatic nitrogens is 1. The smallest absolute Gasteiger partial charge is 0.407 e. The van der Waals surface area contributed by atoms with Crippen LogP contribution in [0.15, 0.2) is 15.7 Å². The zero-order valence-electron chi connectivity index (χ0n) is 11.1. The van der Waals surface area contributed by atoms with Crippen LogP contribution in [-0.2, 0) is 0 Å². The number of oxime groups is 1. The Hall–Kier alpha value is -2.38. The Bertz CT molecular complexity index is 565. The minimum absolute atomic E-state index is 0.0549. The first-order valence-electron chi connectivity index (χ1n) is 6.12. The zero-order chi connectivity index (χ0) is 14.9. The summed E-state index contributed by atoms with van der Waals surface area (Å²) in [5, 5.41) is 24.9. The van der Waals surface area contributed by atoms with Gasteiger partial charge in [0.2, 0.25) is 0 Å². The van der Waals surface area contributed by atoms with Gasteiger partial charge in [0.05, 0.1) is 11.6 Å². The molecule has 8 heteroatoms. The number of rotatable bonds is 2. The first-order valence-corrected chi connectivity index (χ1v) is 6.12. The van der Waals surface area contributed by atoms with Crippen molar-refractivity contribution in [3.05, 3.63) is 17.5 Å².